The second-order valence-corrected chi connectivity index (χ2v) is 3.92. The molecule has 0 unspecified atom stereocenters. The van der Waals surface area contributed by atoms with Crippen molar-refractivity contribution in [3.8, 4) is 0 Å². The van der Waals surface area contributed by atoms with Crippen molar-refractivity contribution in [3.63, 3.8) is 0 Å². The molecule has 0 aliphatic carbocycles. The van der Waals surface area contributed by atoms with Crippen LogP contribution in [-0.4, -0.2) is 23.0 Å². The number of anilines is 2. The van der Waals surface area contributed by atoms with Gasteiger partial charge in [-0.25, -0.2) is 9.78 Å². The number of methoxy groups -OCH3 is 1. The third-order valence-corrected chi connectivity index (χ3v) is 2.69. The second-order valence-electron chi connectivity index (χ2n) is 3.92. The molecule has 1 aromatic heterocycles. The highest BCUT2D eigenvalue weighted by Crippen LogP contribution is 2.19. The van der Waals surface area contributed by atoms with E-state index in [9.17, 15) is 4.79 Å². The lowest BCUT2D eigenvalue weighted by Gasteiger charge is -2.10. The van der Waals surface area contributed by atoms with Crippen molar-refractivity contribution in [1.82, 2.24) is 9.97 Å². The highest BCUT2D eigenvalue weighted by molar-refractivity contribution is 5.87. The van der Waals surface area contributed by atoms with Gasteiger partial charge in [-0.05, 0) is 18.1 Å². The zero-order valence-corrected chi connectivity index (χ0v) is 10.9. The number of esters is 1. The van der Waals surface area contributed by atoms with Crippen LogP contribution in [0.25, 0.3) is 0 Å². The van der Waals surface area contributed by atoms with E-state index in [0.29, 0.717) is 5.82 Å². The Morgan fingerprint density at radius 1 is 1.32 bits per heavy atom. The molecule has 5 heteroatoms. The summed E-state index contributed by atoms with van der Waals surface area (Å²) in [6.07, 6.45) is 3.86. The van der Waals surface area contributed by atoms with E-state index in [0.717, 1.165) is 12.1 Å². The van der Waals surface area contributed by atoms with Crippen molar-refractivity contribution in [1.29, 1.82) is 0 Å². The summed E-state index contributed by atoms with van der Waals surface area (Å²) in [5.74, 6) is 0.0173. The average Bonchev–Trinajstić information content (AvgIpc) is 2.47. The number of carbonyl (C=O) groups is 1. The van der Waals surface area contributed by atoms with E-state index >= 15 is 0 Å². The molecule has 0 aliphatic heterocycles. The lowest BCUT2D eigenvalue weighted by molar-refractivity contribution is 0.0593. The molecule has 0 bridgehead atoms. The quantitative estimate of drug-likeness (QED) is 0.853. The van der Waals surface area contributed by atoms with Gasteiger partial charge in [0.15, 0.2) is 5.69 Å². The van der Waals surface area contributed by atoms with Gasteiger partial charge in [-0.1, -0.05) is 25.1 Å². The maximum Gasteiger partial charge on any atom is 0.358 e. The van der Waals surface area contributed by atoms with Gasteiger partial charge in [0.05, 0.1) is 19.5 Å². The molecule has 0 radical (unpaired) electrons. The summed E-state index contributed by atoms with van der Waals surface area (Å²) < 4.78 is 4.62. The molecule has 1 heterocycles. The van der Waals surface area contributed by atoms with E-state index in [1.54, 1.807) is 6.20 Å². The Labute approximate surface area is 111 Å². The van der Waals surface area contributed by atoms with Gasteiger partial charge in [0, 0.05) is 5.69 Å². The van der Waals surface area contributed by atoms with Crippen LogP contribution in [0.1, 0.15) is 23.0 Å². The summed E-state index contributed by atoms with van der Waals surface area (Å²) in [5, 5.41) is 3.16. The van der Waals surface area contributed by atoms with Gasteiger partial charge in [-0.2, -0.15) is 0 Å². The van der Waals surface area contributed by atoms with Gasteiger partial charge >= 0.3 is 5.97 Å². The van der Waals surface area contributed by atoms with Crippen molar-refractivity contribution in [2.45, 2.75) is 13.3 Å². The zero-order chi connectivity index (χ0) is 13.7. The minimum absolute atomic E-state index is 0.182. The fraction of sp³-hybridized carbons (Fsp3) is 0.214. The topological polar surface area (TPSA) is 64.1 Å². The Morgan fingerprint density at radius 3 is 2.84 bits per heavy atom. The maximum atomic E-state index is 11.4. The van der Waals surface area contributed by atoms with Crippen LogP contribution in [0.2, 0.25) is 0 Å². The van der Waals surface area contributed by atoms with E-state index in [-0.39, 0.29) is 5.69 Å². The standard InChI is InChI=1S/C14H15N3O2/c1-3-10-6-4-5-7-11(10)16-13-9-15-8-12(17-13)14(18)19-2/h4-9H,3H2,1-2H3,(H,16,17). The van der Waals surface area contributed by atoms with E-state index < -0.39 is 5.97 Å². The second kappa shape index (κ2) is 5.95. The van der Waals surface area contributed by atoms with E-state index in [2.05, 4.69) is 26.9 Å². The van der Waals surface area contributed by atoms with Crippen LogP contribution in [0.5, 0.6) is 0 Å². The van der Waals surface area contributed by atoms with E-state index in [1.165, 1.54) is 18.9 Å². The lowest BCUT2D eigenvalue weighted by atomic mass is 10.1. The molecule has 0 saturated heterocycles. The molecule has 98 valence electrons. The van der Waals surface area contributed by atoms with Crippen LogP contribution in [0.15, 0.2) is 36.7 Å². The third kappa shape index (κ3) is 3.07. The SMILES string of the molecule is CCc1ccccc1Nc1cncc(C(=O)OC)n1. The molecular formula is C14H15N3O2. The number of hydrogen-bond donors (Lipinski definition) is 1. The van der Waals surface area contributed by atoms with E-state index in [1.807, 2.05) is 24.3 Å². The maximum absolute atomic E-state index is 11.4. The summed E-state index contributed by atoms with van der Waals surface area (Å²) in [5.41, 5.74) is 2.32. The number of ether oxygens (including phenoxy) is 1. The van der Waals surface area contributed by atoms with Gasteiger partial charge in [0.1, 0.15) is 5.82 Å². The molecule has 0 fully saturated rings. The predicted octanol–water partition coefficient (Wildman–Crippen LogP) is 2.57. The highest BCUT2D eigenvalue weighted by atomic mass is 16.5. The van der Waals surface area contributed by atoms with Crippen LogP contribution < -0.4 is 5.32 Å². The summed E-state index contributed by atoms with van der Waals surface area (Å²) >= 11 is 0. The Kier molecular flexibility index (Phi) is 4.07. The van der Waals surface area contributed by atoms with Crippen molar-refractivity contribution in [2.75, 3.05) is 12.4 Å². The number of para-hydroxylation sites is 1. The zero-order valence-electron chi connectivity index (χ0n) is 10.9. The van der Waals surface area contributed by atoms with Gasteiger partial charge in [0.25, 0.3) is 0 Å². The number of aryl methyl sites for hydroxylation is 1. The van der Waals surface area contributed by atoms with Crippen molar-refractivity contribution in [3.05, 3.63) is 47.9 Å². The number of rotatable bonds is 4. The highest BCUT2D eigenvalue weighted by Gasteiger charge is 2.09. The number of benzene rings is 1. The number of carbonyl (C=O) groups excluding carboxylic acids is 1. The fourth-order valence-electron chi connectivity index (χ4n) is 1.72. The first-order chi connectivity index (χ1) is 9.24. The molecule has 2 rings (SSSR count). The Hall–Kier alpha value is -2.43. The first-order valence-electron chi connectivity index (χ1n) is 6.00. The predicted molar refractivity (Wildman–Crippen MR) is 72.5 cm³/mol. The molecule has 0 spiro atoms. The normalized spacial score (nSPS) is 10.0. The average molecular weight is 257 g/mol. The fourth-order valence-corrected chi connectivity index (χ4v) is 1.72. The summed E-state index contributed by atoms with van der Waals surface area (Å²) in [6.45, 7) is 2.08. The molecular weight excluding hydrogens is 242 g/mol. The molecule has 5 nitrogen and oxygen atoms in total. The minimum Gasteiger partial charge on any atom is -0.464 e. The number of nitrogens with one attached hydrogen (secondary N) is 1. The first-order valence-corrected chi connectivity index (χ1v) is 6.00. The molecule has 0 aliphatic rings. The van der Waals surface area contributed by atoms with Gasteiger partial charge in [0.2, 0.25) is 0 Å². The number of aromatic nitrogens is 2. The van der Waals surface area contributed by atoms with Crippen LogP contribution in [0, 0.1) is 0 Å². The van der Waals surface area contributed by atoms with E-state index in [4.69, 9.17) is 0 Å². The molecule has 19 heavy (non-hydrogen) atoms. The molecule has 1 N–H and O–H groups in total. The van der Waals surface area contributed by atoms with Crippen LogP contribution in [0.3, 0.4) is 0 Å². The van der Waals surface area contributed by atoms with Gasteiger partial charge in [-0.3, -0.25) is 4.98 Å². The summed E-state index contributed by atoms with van der Waals surface area (Å²) in [7, 11) is 1.32. The minimum atomic E-state index is -0.500. The summed E-state index contributed by atoms with van der Waals surface area (Å²) in [6, 6.07) is 7.94. The molecule has 0 amide bonds. The Balaban J connectivity index is 2.26. The van der Waals surface area contributed by atoms with Crippen molar-refractivity contribution in [2.24, 2.45) is 0 Å². The molecule has 0 atom stereocenters. The van der Waals surface area contributed by atoms with Crippen molar-refractivity contribution >= 4 is 17.5 Å². The van der Waals surface area contributed by atoms with Gasteiger partial charge < -0.3 is 10.1 Å². The van der Waals surface area contributed by atoms with Crippen LogP contribution in [-0.2, 0) is 11.2 Å². The molecule has 1 aromatic carbocycles. The number of nitrogens with zero attached hydrogens (tertiary/aromatic N) is 2. The van der Waals surface area contributed by atoms with Crippen LogP contribution in [0.4, 0.5) is 11.5 Å². The third-order valence-electron chi connectivity index (χ3n) is 2.69. The largest absolute Gasteiger partial charge is 0.464 e. The summed E-state index contributed by atoms with van der Waals surface area (Å²) in [4.78, 5) is 19.5. The first kappa shape index (κ1) is 13.0. The van der Waals surface area contributed by atoms with Crippen LogP contribution >= 0.6 is 0 Å². The Bertz CT molecular complexity index is 584. The lowest BCUT2D eigenvalue weighted by Crippen LogP contribution is -2.07. The monoisotopic (exact) mass is 257 g/mol. The number of hydrogen-bond acceptors (Lipinski definition) is 5. The van der Waals surface area contributed by atoms with Crippen molar-refractivity contribution < 1.29 is 9.53 Å². The molecule has 2 aromatic rings. The Morgan fingerprint density at radius 2 is 2.11 bits per heavy atom. The molecule has 0 saturated carbocycles. The van der Waals surface area contributed by atoms with Gasteiger partial charge in [-0.15, -0.1) is 0 Å². The smallest absolute Gasteiger partial charge is 0.358 e.